The molecule has 6 heterocycles. The Morgan fingerprint density at radius 1 is 0.316 bits per heavy atom. The van der Waals surface area contributed by atoms with E-state index in [1.807, 2.05) is 0 Å². The van der Waals surface area contributed by atoms with Crippen LogP contribution in [0.15, 0.2) is 303 Å². The van der Waals surface area contributed by atoms with Gasteiger partial charge in [-0.2, -0.15) is 0 Å². The Labute approximate surface area is 569 Å². The van der Waals surface area contributed by atoms with Crippen molar-refractivity contribution in [1.82, 2.24) is 19.9 Å². The second-order valence-corrected chi connectivity index (χ2v) is 32.6. The van der Waals surface area contributed by atoms with E-state index in [0.717, 1.165) is 95.3 Å². The molecular formula is C89H63N8Si-. The van der Waals surface area contributed by atoms with Crippen LogP contribution in [0.2, 0.25) is 13.1 Å². The number of anilines is 12. The quantitative estimate of drug-likeness (QED) is 0.146. The second-order valence-electron chi connectivity index (χ2n) is 27.6. The van der Waals surface area contributed by atoms with E-state index in [-0.39, 0.29) is 5.41 Å². The van der Waals surface area contributed by atoms with Gasteiger partial charge < -0.3 is 4.90 Å². The van der Waals surface area contributed by atoms with Gasteiger partial charge in [0.2, 0.25) is 5.95 Å². The first-order valence-electron chi connectivity index (χ1n) is 34.0. The number of aromatic nitrogens is 4. The predicted octanol–water partition coefficient (Wildman–Crippen LogP) is 22.2. The third kappa shape index (κ3) is 8.11. The van der Waals surface area contributed by atoms with E-state index in [4.69, 9.17) is 19.9 Å². The monoisotopic (exact) mass is 1270 g/mol. The summed E-state index contributed by atoms with van der Waals surface area (Å²) in [5.74, 6) is 1.25. The van der Waals surface area contributed by atoms with Crippen LogP contribution in [0.25, 0.3) is 99.2 Å². The van der Waals surface area contributed by atoms with Crippen LogP contribution >= 0.6 is 0 Å². The van der Waals surface area contributed by atoms with Gasteiger partial charge >= 0.3 is 343 Å². The van der Waals surface area contributed by atoms with E-state index in [2.05, 4.69) is 350 Å². The van der Waals surface area contributed by atoms with Gasteiger partial charge in [0.1, 0.15) is 0 Å². The van der Waals surface area contributed by atoms with E-state index < -0.39 is 8.07 Å². The van der Waals surface area contributed by atoms with E-state index >= 15 is 0 Å². The third-order valence-electron chi connectivity index (χ3n) is 21.5. The maximum atomic E-state index is 5.77. The van der Waals surface area contributed by atoms with Crippen LogP contribution in [0.3, 0.4) is 0 Å². The third-order valence-corrected chi connectivity index (χ3v) is 25.6. The molecule has 20 rings (SSSR count). The molecule has 98 heavy (non-hydrogen) atoms. The molecule has 9 heteroatoms. The summed E-state index contributed by atoms with van der Waals surface area (Å²) in [7, 11) is -2.76. The first kappa shape index (κ1) is 56.1. The van der Waals surface area contributed by atoms with Crippen LogP contribution in [0, 0.1) is 0 Å². The van der Waals surface area contributed by atoms with Gasteiger partial charge in [0.25, 0.3) is 0 Å². The molecule has 2 aromatic heterocycles. The van der Waals surface area contributed by atoms with Crippen molar-refractivity contribution in [3.63, 3.8) is 0 Å². The van der Waals surface area contributed by atoms with Crippen molar-refractivity contribution in [2.45, 2.75) is 32.4 Å². The van der Waals surface area contributed by atoms with Gasteiger partial charge in [-0.3, -0.25) is 4.90 Å². The first-order valence-corrected chi connectivity index (χ1v) is 37.5. The molecule has 0 bridgehead atoms. The van der Waals surface area contributed by atoms with Crippen LogP contribution < -0.4 is 30.0 Å². The SMILES string of the molecule is CC1(C)c2ccccc2N(c2ccccc2)c2ccc3c(c21)-c1cccc2cccc(c12)N3c1nc(-c2ccccc2)c2cc(-c3ccc(N4c5ccccc5[SiH-](C)(C)c5ccc6c(c54)-c4cccc5cccc(c45)N6c4nc(-c5ccccc5)c5ccccc5n4)cc3)ccc2n1. The molecule has 0 spiro atoms. The fraction of sp³-hybridized carbons (Fsp3) is 0.0562. The molecule has 0 aliphatic carbocycles. The average molecular weight is 1270 g/mol. The number of hydrogen-bond acceptors (Lipinski definition) is 8. The Balaban J connectivity index is 0.744. The topological polar surface area (TPSA) is 64.5 Å². The van der Waals surface area contributed by atoms with Crippen molar-refractivity contribution >= 4 is 131 Å². The van der Waals surface area contributed by atoms with Gasteiger partial charge in [-0.05, 0) is 58.5 Å². The van der Waals surface area contributed by atoms with Crippen molar-refractivity contribution in [2.24, 2.45) is 0 Å². The number of para-hydroxylation sites is 4. The van der Waals surface area contributed by atoms with Crippen LogP contribution in [0.4, 0.5) is 68.8 Å². The van der Waals surface area contributed by atoms with Crippen LogP contribution in [0.1, 0.15) is 25.0 Å². The molecular weight excluding hydrogens is 1210 g/mol. The van der Waals surface area contributed by atoms with Gasteiger partial charge in [0.05, 0.1) is 22.7 Å². The fourth-order valence-electron chi connectivity index (χ4n) is 17.0. The average Bonchev–Trinajstić information content (AvgIpc) is 0.697. The van der Waals surface area contributed by atoms with Gasteiger partial charge in [0, 0.05) is 22.1 Å². The predicted molar refractivity (Wildman–Crippen MR) is 411 cm³/mol. The molecule has 0 saturated carbocycles. The molecule has 16 aromatic rings. The Hall–Kier alpha value is -12.3. The number of fused-ring (bicyclic) bond motifs is 12. The number of rotatable bonds is 7. The molecule has 0 saturated heterocycles. The van der Waals surface area contributed by atoms with E-state index in [1.165, 1.54) is 82.4 Å². The summed E-state index contributed by atoms with van der Waals surface area (Å²) in [6.07, 6.45) is 0. The first-order chi connectivity index (χ1) is 48.2. The standard InChI is InChI=1S/C89H63N8Si/c1-89(2)67-37-15-17-39-70(67)94(61-32-12-7-13-33-61)76-51-50-74-81(83(76)89)64-35-20-28-56-30-22-41-72(79(56)64)96(74)88-91-69-49-46-60(54-66(69)85(93-88)59-26-10-6-11-27-59)55-44-47-62(48-45-55)95-71-40-18-19-43-77(71)98(3,4)78-53-52-75-82(86(78)95)65-36-21-29-57-31-23-42-73(80(57)65)97(75)87-90-68-38-16-14-34-63(68)84(92-87)58-24-8-5-9-25-58/h5-54,98H,1-4H3/q-1. The van der Waals surface area contributed by atoms with E-state index in [9.17, 15) is 0 Å². The molecule has 0 N–H and O–H groups in total. The molecule has 14 aromatic carbocycles. The normalized spacial score (nSPS) is 14.5. The summed E-state index contributed by atoms with van der Waals surface area (Å²) in [4.78, 5) is 32.1. The van der Waals surface area contributed by atoms with Gasteiger partial charge in [-0.15, -0.1) is 0 Å². The minimum absolute atomic E-state index is 0.384. The summed E-state index contributed by atoms with van der Waals surface area (Å²) in [6, 6.07) is 111. The van der Waals surface area contributed by atoms with Gasteiger partial charge in [-0.1, -0.05) is 111 Å². The molecule has 0 amide bonds. The van der Waals surface area contributed by atoms with Crippen molar-refractivity contribution < 1.29 is 0 Å². The summed E-state index contributed by atoms with van der Waals surface area (Å²) in [6.45, 7) is 9.86. The summed E-state index contributed by atoms with van der Waals surface area (Å²) in [5.41, 5.74) is 25.9. The Morgan fingerprint density at radius 2 is 0.816 bits per heavy atom. The van der Waals surface area contributed by atoms with Gasteiger partial charge in [-0.25, -0.2) is 0 Å². The number of nitrogens with zero attached hydrogens (tertiary/aromatic N) is 8. The second kappa shape index (κ2) is 21.1. The molecule has 464 valence electrons. The fourth-order valence-corrected chi connectivity index (χ4v) is 20.4. The molecule has 4 aliphatic rings. The van der Waals surface area contributed by atoms with Crippen LogP contribution in [-0.2, 0) is 5.41 Å². The molecule has 0 radical (unpaired) electrons. The van der Waals surface area contributed by atoms with Gasteiger partial charge in [0.15, 0.2) is 0 Å². The molecule has 0 fully saturated rings. The maximum absolute atomic E-state index is 5.77. The van der Waals surface area contributed by atoms with Crippen molar-refractivity contribution in [1.29, 1.82) is 0 Å². The summed E-state index contributed by atoms with van der Waals surface area (Å²) >= 11 is 0. The van der Waals surface area contributed by atoms with Crippen molar-refractivity contribution in [2.75, 3.05) is 19.6 Å². The Kier molecular flexibility index (Phi) is 12.1. The zero-order valence-corrected chi connectivity index (χ0v) is 55.7. The Bertz CT molecular complexity index is 6020. The zero-order valence-electron chi connectivity index (χ0n) is 54.5. The van der Waals surface area contributed by atoms with Crippen LogP contribution in [-0.4, -0.2) is 28.0 Å². The van der Waals surface area contributed by atoms with Crippen LogP contribution in [0.5, 0.6) is 0 Å². The molecule has 4 aliphatic heterocycles. The number of hydrogen-bond donors (Lipinski definition) is 0. The minimum atomic E-state index is -2.76. The molecule has 0 unspecified atom stereocenters. The van der Waals surface area contributed by atoms with Crippen molar-refractivity contribution in [3.8, 4) is 55.9 Å². The summed E-state index contributed by atoms with van der Waals surface area (Å²) < 4.78 is 0. The number of benzene rings is 14. The summed E-state index contributed by atoms with van der Waals surface area (Å²) in [5, 5.41) is 9.52. The molecule has 8 nitrogen and oxygen atoms in total. The van der Waals surface area contributed by atoms with Crippen molar-refractivity contribution in [3.05, 3.63) is 314 Å². The van der Waals surface area contributed by atoms with E-state index in [0.29, 0.717) is 11.9 Å². The zero-order chi connectivity index (χ0) is 65.1. The Morgan fingerprint density at radius 3 is 1.49 bits per heavy atom. The van der Waals surface area contributed by atoms with E-state index in [1.54, 1.807) is 0 Å². The molecule has 0 atom stereocenters.